The van der Waals surface area contributed by atoms with Crippen molar-refractivity contribution in [3.63, 3.8) is 0 Å². The Balaban J connectivity index is 1.54. The highest BCUT2D eigenvalue weighted by Crippen LogP contribution is 2.36. The van der Waals surface area contributed by atoms with Gasteiger partial charge >= 0.3 is 5.97 Å². The summed E-state index contributed by atoms with van der Waals surface area (Å²) in [6.07, 6.45) is 1.08. The highest BCUT2D eigenvalue weighted by Gasteiger charge is 2.40. The summed E-state index contributed by atoms with van der Waals surface area (Å²) in [7, 11) is 0. The Morgan fingerprint density at radius 3 is 2.77 bits per heavy atom. The Kier molecular flexibility index (Phi) is 5.34. The molecule has 3 heterocycles. The van der Waals surface area contributed by atoms with Crippen LogP contribution in [-0.4, -0.2) is 26.1 Å². The van der Waals surface area contributed by atoms with Gasteiger partial charge in [0.15, 0.2) is 6.17 Å². The minimum absolute atomic E-state index is 0.0702. The number of aromatic nitrogens is 3. The summed E-state index contributed by atoms with van der Waals surface area (Å²) < 4.78 is 26.3. The molecule has 1 aliphatic rings. The molecule has 31 heavy (non-hydrogen) atoms. The van der Waals surface area contributed by atoms with Gasteiger partial charge in [0.05, 0.1) is 18.4 Å². The molecule has 0 bridgehead atoms. The van der Waals surface area contributed by atoms with Crippen molar-refractivity contribution < 1.29 is 18.3 Å². The number of esters is 1. The topological polar surface area (TPSA) is 99.2 Å². The Labute approximate surface area is 178 Å². The molecule has 8 nitrogen and oxygen atoms in total. The molecule has 3 aromatic rings. The standard InChI is InChI=1S/C22H23FN4O4/c1-22(2,3)31-21(29)17-9-15(23)18-25-11-16(20(28)27(17)18)24-10-14-12-30-19(26-14)13-7-5-4-6-8-13/h4-8,11-12,15,17,24H,9-10H2,1-3H3/t15?,17-/m0/s1. The molecule has 0 amide bonds. The Morgan fingerprint density at radius 2 is 2.06 bits per heavy atom. The second-order valence-corrected chi connectivity index (χ2v) is 8.32. The maximum atomic E-state index is 14.4. The van der Waals surface area contributed by atoms with Crippen LogP contribution < -0.4 is 10.9 Å². The van der Waals surface area contributed by atoms with E-state index >= 15 is 0 Å². The highest BCUT2D eigenvalue weighted by atomic mass is 19.1. The van der Waals surface area contributed by atoms with Crippen LogP contribution in [0, 0.1) is 0 Å². The normalized spacial score (nSPS) is 17.9. The van der Waals surface area contributed by atoms with Crippen molar-refractivity contribution in [1.29, 1.82) is 0 Å². The number of anilines is 1. The van der Waals surface area contributed by atoms with Crippen LogP contribution in [0.15, 0.2) is 52.0 Å². The van der Waals surface area contributed by atoms with Gasteiger partial charge in [0, 0.05) is 12.0 Å². The number of benzene rings is 1. The molecule has 0 fully saturated rings. The number of halogens is 1. The van der Waals surface area contributed by atoms with E-state index in [4.69, 9.17) is 9.15 Å². The molecule has 1 aromatic carbocycles. The number of fused-ring (bicyclic) bond motifs is 1. The maximum absolute atomic E-state index is 14.4. The molecule has 0 aliphatic carbocycles. The van der Waals surface area contributed by atoms with E-state index in [9.17, 15) is 14.0 Å². The molecule has 9 heteroatoms. The highest BCUT2D eigenvalue weighted by molar-refractivity contribution is 5.75. The van der Waals surface area contributed by atoms with E-state index in [0.29, 0.717) is 11.6 Å². The van der Waals surface area contributed by atoms with Gasteiger partial charge < -0.3 is 14.5 Å². The Bertz CT molecular complexity index is 1150. The second-order valence-electron chi connectivity index (χ2n) is 8.32. The lowest BCUT2D eigenvalue weighted by Crippen LogP contribution is -2.34. The third-order valence-electron chi connectivity index (χ3n) is 4.76. The lowest BCUT2D eigenvalue weighted by Gasteiger charge is -2.22. The maximum Gasteiger partial charge on any atom is 0.329 e. The summed E-state index contributed by atoms with van der Waals surface area (Å²) in [5.41, 5.74) is 0.267. The van der Waals surface area contributed by atoms with Crippen LogP contribution in [0.3, 0.4) is 0 Å². The molecular weight excluding hydrogens is 403 g/mol. The number of rotatable bonds is 5. The summed E-state index contributed by atoms with van der Waals surface area (Å²) in [6.45, 7) is 5.35. The summed E-state index contributed by atoms with van der Waals surface area (Å²) in [5.74, 6) is -0.260. The molecule has 1 unspecified atom stereocenters. The molecule has 0 spiro atoms. The number of nitrogens with zero attached hydrogens (tertiary/aromatic N) is 3. The monoisotopic (exact) mass is 426 g/mol. The van der Waals surface area contributed by atoms with Crippen LogP contribution in [0.2, 0.25) is 0 Å². The van der Waals surface area contributed by atoms with Crippen molar-refractivity contribution in [1.82, 2.24) is 14.5 Å². The van der Waals surface area contributed by atoms with Gasteiger partial charge in [0.2, 0.25) is 5.89 Å². The van der Waals surface area contributed by atoms with Gasteiger partial charge in [-0.25, -0.2) is 19.2 Å². The number of hydrogen-bond acceptors (Lipinski definition) is 7. The third-order valence-corrected chi connectivity index (χ3v) is 4.76. The summed E-state index contributed by atoms with van der Waals surface area (Å²) in [6, 6.07) is 8.37. The fourth-order valence-corrected chi connectivity index (χ4v) is 3.40. The van der Waals surface area contributed by atoms with E-state index in [-0.39, 0.29) is 24.5 Å². The van der Waals surface area contributed by atoms with Crippen LogP contribution in [0.25, 0.3) is 11.5 Å². The zero-order valence-electron chi connectivity index (χ0n) is 17.5. The molecular formula is C22H23FN4O4. The van der Waals surface area contributed by atoms with Crippen LogP contribution in [-0.2, 0) is 16.1 Å². The zero-order valence-corrected chi connectivity index (χ0v) is 17.5. The van der Waals surface area contributed by atoms with E-state index in [1.165, 1.54) is 12.5 Å². The molecule has 162 valence electrons. The predicted octanol–water partition coefficient (Wildman–Crippen LogP) is 3.81. The van der Waals surface area contributed by atoms with Gasteiger partial charge in [-0.3, -0.25) is 9.36 Å². The van der Waals surface area contributed by atoms with Crippen molar-refractivity contribution in [3.05, 3.63) is 64.7 Å². The average molecular weight is 426 g/mol. The number of alkyl halides is 1. The van der Waals surface area contributed by atoms with E-state index in [0.717, 1.165) is 10.1 Å². The van der Waals surface area contributed by atoms with Gasteiger partial charge in [0.1, 0.15) is 29.4 Å². The summed E-state index contributed by atoms with van der Waals surface area (Å²) in [4.78, 5) is 34.0. The number of oxazole rings is 1. The molecule has 2 aromatic heterocycles. The van der Waals surface area contributed by atoms with Crippen molar-refractivity contribution in [2.24, 2.45) is 0 Å². The van der Waals surface area contributed by atoms with E-state index in [2.05, 4.69) is 15.3 Å². The van der Waals surface area contributed by atoms with Crippen LogP contribution in [0.5, 0.6) is 0 Å². The molecule has 0 radical (unpaired) electrons. The first-order valence-corrected chi connectivity index (χ1v) is 9.95. The van der Waals surface area contributed by atoms with E-state index < -0.39 is 29.3 Å². The first-order valence-electron chi connectivity index (χ1n) is 9.95. The van der Waals surface area contributed by atoms with Crippen LogP contribution in [0.4, 0.5) is 10.1 Å². The lowest BCUT2D eigenvalue weighted by atomic mass is 10.1. The third kappa shape index (κ3) is 4.35. The largest absolute Gasteiger partial charge is 0.458 e. The van der Waals surface area contributed by atoms with Crippen LogP contribution in [0.1, 0.15) is 50.9 Å². The Hall–Kier alpha value is -3.49. The molecule has 2 atom stereocenters. The van der Waals surface area contributed by atoms with Gasteiger partial charge in [-0.05, 0) is 32.9 Å². The first-order chi connectivity index (χ1) is 14.7. The van der Waals surface area contributed by atoms with Gasteiger partial charge in [-0.15, -0.1) is 0 Å². The SMILES string of the molecule is CC(C)(C)OC(=O)[C@@H]1CC(F)c2ncc(NCc3coc(-c4ccccc4)n3)c(=O)n21. The molecule has 1 aliphatic heterocycles. The summed E-state index contributed by atoms with van der Waals surface area (Å²) >= 11 is 0. The molecule has 4 rings (SSSR count). The molecule has 0 saturated heterocycles. The zero-order chi connectivity index (χ0) is 22.2. The number of hydrogen-bond donors (Lipinski definition) is 1. The average Bonchev–Trinajstić information content (AvgIpc) is 3.32. The number of carbonyl (C=O) groups excluding carboxylic acids is 1. The van der Waals surface area contributed by atoms with E-state index in [1.54, 1.807) is 20.8 Å². The number of nitrogens with one attached hydrogen (secondary N) is 1. The number of carbonyl (C=O) groups is 1. The fourth-order valence-electron chi connectivity index (χ4n) is 3.40. The fraction of sp³-hybridized carbons (Fsp3) is 0.364. The van der Waals surface area contributed by atoms with Gasteiger partial charge in [-0.1, -0.05) is 18.2 Å². The van der Waals surface area contributed by atoms with Crippen molar-refractivity contribution in [2.45, 2.75) is 51.6 Å². The Morgan fingerprint density at radius 1 is 1.32 bits per heavy atom. The van der Waals surface area contributed by atoms with Crippen molar-refractivity contribution >= 4 is 11.7 Å². The molecule has 0 saturated carbocycles. The number of ether oxygens (including phenoxy) is 1. The summed E-state index contributed by atoms with van der Waals surface area (Å²) in [5, 5.41) is 2.95. The van der Waals surface area contributed by atoms with Crippen molar-refractivity contribution in [3.8, 4) is 11.5 Å². The van der Waals surface area contributed by atoms with Gasteiger partial charge in [-0.2, -0.15) is 0 Å². The quantitative estimate of drug-likeness (QED) is 0.620. The predicted molar refractivity (Wildman–Crippen MR) is 111 cm³/mol. The first kappa shape index (κ1) is 20.8. The van der Waals surface area contributed by atoms with Crippen LogP contribution >= 0.6 is 0 Å². The molecule has 1 N–H and O–H groups in total. The van der Waals surface area contributed by atoms with Gasteiger partial charge in [0.25, 0.3) is 5.56 Å². The smallest absolute Gasteiger partial charge is 0.329 e. The lowest BCUT2D eigenvalue weighted by molar-refractivity contribution is -0.159. The minimum atomic E-state index is -1.51. The van der Waals surface area contributed by atoms with E-state index in [1.807, 2.05) is 30.3 Å². The second kappa shape index (κ2) is 7.98. The van der Waals surface area contributed by atoms with Crippen molar-refractivity contribution in [2.75, 3.05) is 5.32 Å². The minimum Gasteiger partial charge on any atom is -0.458 e.